The van der Waals surface area contributed by atoms with E-state index >= 15 is 0 Å². The minimum absolute atomic E-state index is 1.08. The monoisotopic (exact) mass is 384 g/mol. The summed E-state index contributed by atoms with van der Waals surface area (Å²) >= 11 is 0. The Balaban J connectivity index is 1.39. The van der Waals surface area contributed by atoms with Gasteiger partial charge in [-0.05, 0) is 59.3 Å². The van der Waals surface area contributed by atoms with Gasteiger partial charge in [0.05, 0.1) is 11.0 Å². The van der Waals surface area contributed by atoms with E-state index in [2.05, 4.69) is 125 Å². The summed E-state index contributed by atoms with van der Waals surface area (Å²) in [6, 6.07) is 40.8. The predicted molar refractivity (Wildman–Crippen MR) is 128 cm³/mol. The molecule has 2 heteroatoms. The first-order chi connectivity index (χ1) is 14.9. The number of hydrogen-bond donors (Lipinski definition) is 1. The van der Waals surface area contributed by atoms with Crippen LogP contribution in [-0.4, -0.2) is 4.57 Å². The van der Waals surface area contributed by atoms with Crippen molar-refractivity contribution in [1.29, 1.82) is 0 Å². The van der Waals surface area contributed by atoms with Gasteiger partial charge >= 0.3 is 0 Å². The Morgan fingerprint density at radius 1 is 0.467 bits per heavy atom. The molecule has 0 amide bonds. The van der Waals surface area contributed by atoms with Crippen LogP contribution in [0, 0.1) is 0 Å². The summed E-state index contributed by atoms with van der Waals surface area (Å²) in [7, 11) is 0. The molecule has 5 aromatic carbocycles. The highest BCUT2D eigenvalue weighted by Crippen LogP contribution is 2.32. The van der Waals surface area contributed by atoms with Crippen molar-refractivity contribution in [2.24, 2.45) is 0 Å². The Hall–Kier alpha value is -4.04. The van der Waals surface area contributed by atoms with Gasteiger partial charge in [-0.15, -0.1) is 0 Å². The zero-order valence-corrected chi connectivity index (χ0v) is 16.4. The molecule has 0 saturated carbocycles. The molecule has 0 saturated heterocycles. The van der Waals surface area contributed by atoms with Gasteiger partial charge in [-0.3, -0.25) is 0 Å². The number of benzene rings is 5. The highest BCUT2D eigenvalue weighted by molar-refractivity contribution is 6.09. The summed E-state index contributed by atoms with van der Waals surface area (Å²) in [4.78, 5) is 0. The summed E-state index contributed by atoms with van der Waals surface area (Å²) in [6.07, 6.45) is 0. The quantitative estimate of drug-likeness (QED) is 0.331. The lowest BCUT2D eigenvalue weighted by Crippen LogP contribution is -1.95. The Bertz CT molecular complexity index is 1450. The van der Waals surface area contributed by atoms with Crippen LogP contribution in [0.25, 0.3) is 38.3 Å². The third-order valence-corrected chi connectivity index (χ3v) is 5.74. The summed E-state index contributed by atoms with van der Waals surface area (Å²) < 4.78 is 2.34. The number of para-hydroxylation sites is 2. The lowest BCUT2D eigenvalue weighted by atomic mass is 10.1. The van der Waals surface area contributed by atoms with Crippen LogP contribution in [0.3, 0.4) is 0 Å². The Labute approximate surface area is 175 Å². The fourth-order valence-electron chi connectivity index (χ4n) is 4.33. The van der Waals surface area contributed by atoms with Crippen molar-refractivity contribution in [1.82, 2.24) is 4.57 Å². The van der Waals surface area contributed by atoms with E-state index in [1.165, 1.54) is 32.6 Å². The third kappa shape index (κ3) is 2.73. The molecule has 142 valence electrons. The largest absolute Gasteiger partial charge is 0.356 e. The Morgan fingerprint density at radius 2 is 1.03 bits per heavy atom. The molecule has 1 heterocycles. The maximum Gasteiger partial charge on any atom is 0.0541 e. The minimum Gasteiger partial charge on any atom is -0.356 e. The second kappa shape index (κ2) is 6.78. The number of rotatable bonds is 3. The van der Waals surface area contributed by atoms with Gasteiger partial charge in [0.15, 0.2) is 0 Å². The van der Waals surface area contributed by atoms with Gasteiger partial charge in [0.1, 0.15) is 0 Å². The van der Waals surface area contributed by atoms with Crippen molar-refractivity contribution >= 4 is 44.0 Å². The molecule has 2 nitrogen and oxygen atoms in total. The van der Waals surface area contributed by atoms with E-state index in [0.717, 1.165) is 17.1 Å². The van der Waals surface area contributed by atoms with E-state index in [9.17, 15) is 0 Å². The van der Waals surface area contributed by atoms with E-state index in [4.69, 9.17) is 0 Å². The normalized spacial score (nSPS) is 11.3. The average Bonchev–Trinajstić information content (AvgIpc) is 3.14. The molecule has 0 aliphatic carbocycles. The SMILES string of the molecule is c1ccc2cc(Nc3ccc(-n4c5ccccc5c5ccccc54)cc3)ccc2c1. The van der Waals surface area contributed by atoms with E-state index < -0.39 is 0 Å². The molecule has 0 aliphatic rings. The zero-order chi connectivity index (χ0) is 19.9. The van der Waals surface area contributed by atoms with Gasteiger partial charge in [0.25, 0.3) is 0 Å². The molecule has 30 heavy (non-hydrogen) atoms. The molecule has 1 N–H and O–H groups in total. The number of hydrogen-bond acceptors (Lipinski definition) is 1. The molecule has 0 bridgehead atoms. The first-order valence-corrected chi connectivity index (χ1v) is 10.2. The lowest BCUT2D eigenvalue weighted by Gasteiger charge is -2.11. The van der Waals surface area contributed by atoms with E-state index in [1.807, 2.05) is 0 Å². The fraction of sp³-hybridized carbons (Fsp3) is 0. The number of nitrogens with zero attached hydrogens (tertiary/aromatic N) is 1. The van der Waals surface area contributed by atoms with Crippen LogP contribution in [0.5, 0.6) is 0 Å². The Kier molecular flexibility index (Phi) is 3.82. The summed E-state index contributed by atoms with van der Waals surface area (Å²) in [6.45, 7) is 0. The van der Waals surface area contributed by atoms with Crippen molar-refractivity contribution in [3.05, 3.63) is 115 Å². The van der Waals surface area contributed by atoms with Gasteiger partial charge in [-0.25, -0.2) is 0 Å². The molecule has 6 aromatic rings. The third-order valence-electron chi connectivity index (χ3n) is 5.74. The number of fused-ring (bicyclic) bond motifs is 4. The average molecular weight is 384 g/mol. The Morgan fingerprint density at radius 3 is 1.73 bits per heavy atom. The second-order valence-corrected chi connectivity index (χ2v) is 7.60. The van der Waals surface area contributed by atoms with Gasteiger partial charge in [0, 0.05) is 27.8 Å². The van der Waals surface area contributed by atoms with Gasteiger partial charge in [-0.2, -0.15) is 0 Å². The maximum atomic E-state index is 3.53. The minimum atomic E-state index is 1.08. The zero-order valence-electron chi connectivity index (χ0n) is 16.4. The molecule has 0 radical (unpaired) electrons. The predicted octanol–water partition coefficient (Wildman–Crippen LogP) is 7.68. The van der Waals surface area contributed by atoms with Crippen molar-refractivity contribution in [2.45, 2.75) is 0 Å². The topological polar surface area (TPSA) is 17.0 Å². The molecule has 0 unspecified atom stereocenters. The van der Waals surface area contributed by atoms with Crippen LogP contribution in [0.1, 0.15) is 0 Å². The second-order valence-electron chi connectivity index (χ2n) is 7.60. The highest BCUT2D eigenvalue weighted by atomic mass is 15.0. The van der Waals surface area contributed by atoms with Crippen LogP contribution in [0.2, 0.25) is 0 Å². The van der Waals surface area contributed by atoms with Crippen LogP contribution >= 0.6 is 0 Å². The number of nitrogens with one attached hydrogen (secondary N) is 1. The first kappa shape index (κ1) is 16.9. The molecular weight excluding hydrogens is 364 g/mol. The molecular formula is C28H20N2. The molecule has 6 rings (SSSR count). The molecule has 0 atom stereocenters. The molecule has 0 spiro atoms. The summed E-state index contributed by atoms with van der Waals surface area (Å²) in [5.74, 6) is 0. The van der Waals surface area contributed by atoms with Crippen molar-refractivity contribution < 1.29 is 0 Å². The van der Waals surface area contributed by atoms with Gasteiger partial charge in [-0.1, -0.05) is 66.7 Å². The van der Waals surface area contributed by atoms with E-state index in [0.29, 0.717) is 0 Å². The number of anilines is 2. The lowest BCUT2D eigenvalue weighted by molar-refractivity contribution is 1.18. The highest BCUT2D eigenvalue weighted by Gasteiger charge is 2.11. The van der Waals surface area contributed by atoms with Crippen molar-refractivity contribution in [3.63, 3.8) is 0 Å². The van der Waals surface area contributed by atoms with E-state index in [1.54, 1.807) is 0 Å². The molecule has 0 aliphatic heterocycles. The summed E-state index contributed by atoms with van der Waals surface area (Å²) in [5, 5.41) is 8.60. The molecule has 1 aromatic heterocycles. The first-order valence-electron chi connectivity index (χ1n) is 10.2. The van der Waals surface area contributed by atoms with Crippen LogP contribution in [0.4, 0.5) is 11.4 Å². The smallest absolute Gasteiger partial charge is 0.0541 e. The van der Waals surface area contributed by atoms with Crippen LogP contribution < -0.4 is 5.32 Å². The van der Waals surface area contributed by atoms with Crippen molar-refractivity contribution in [3.8, 4) is 5.69 Å². The number of aromatic nitrogens is 1. The van der Waals surface area contributed by atoms with Crippen LogP contribution in [0.15, 0.2) is 115 Å². The van der Waals surface area contributed by atoms with Gasteiger partial charge < -0.3 is 9.88 Å². The van der Waals surface area contributed by atoms with Gasteiger partial charge in [0.2, 0.25) is 0 Å². The van der Waals surface area contributed by atoms with Crippen LogP contribution in [-0.2, 0) is 0 Å². The standard InChI is InChI=1S/C28H20N2/c1-2-8-21-19-23(14-13-20(21)7-1)29-22-15-17-24(18-16-22)30-27-11-5-3-9-25(27)26-10-4-6-12-28(26)30/h1-19,29H. The maximum absolute atomic E-state index is 3.53. The molecule has 0 fully saturated rings. The fourth-order valence-corrected chi connectivity index (χ4v) is 4.33. The summed E-state index contributed by atoms with van der Waals surface area (Å²) in [5.41, 5.74) is 5.80. The van der Waals surface area contributed by atoms with Crippen molar-refractivity contribution in [2.75, 3.05) is 5.32 Å². The van der Waals surface area contributed by atoms with E-state index in [-0.39, 0.29) is 0 Å².